The third-order valence-electron chi connectivity index (χ3n) is 5.23. The van der Waals surface area contributed by atoms with Gasteiger partial charge in [-0.2, -0.15) is 13.2 Å². The molecule has 1 aliphatic heterocycles. The molecule has 4 aromatic rings. The highest BCUT2D eigenvalue weighted by Crippen LogP contribution is 2.47. The van der Waals surface area contributed by atoms with Crippen molar-refractivity contribution in [3.05, 3.63) is 78.6 Å². The molecule has 4 nitrogen and oxygen atoms in total. The maximum atomic E-state index is 13.6. The number of nitrogens with zero attached hydrogens (tertiary/aromatic N) is 3. The van der Waals surface area contributed by atoms with E-state index in [0.717, 1.165) is 25.7 Å². The average Bonchev–Trinajstić information content (AvgIpc) is 3.12. The van der Waals surface area contributed by atoms with E-state index in [1.807, 2.05) is 53.4 Å². The van der Waals surface area contributed by atoms with Gasteiger partial charge in [0.25, 0.3) is 0 Å². The average molecular weight is 441 g/mol. The third kappa shape index (κ3) is 3.66. The highest BCUT2D eigenvalue weighted by atomic mass is 32.2. The lowest BCUT2D eigenvalue weighted by molar-refractivity contribution is -0.147. The van der Waals surface area contributed by atoms with Crippen LogP contribution in [0.4, 0.5) is 24.5 Å². The van der Waals surface area contributed by atoms with Crippen LogP contribution in [-0.4, -0.2) is 27.3 Å². The second-order valence-electron chi connectivity index (χ2n) is 7.33. The lowest BCUT2D eigenvalue weighted by Gasteiger charge is -2.34. The molecule has 0 amide bonds. The van der Waals surface area contributed by atoms with Crippen molar-refractivity contribution in [3.8, 4) is 0 Å². The van der Waals surface area contributed by atoms with Gasteiger partial charge in [0.1, 0.15) is 0 Å². The molecule has 0 spiro atoms. The zero-order valence-electron chi connectivity index (χ0n) is 16.3. The second kappa shape index (κ2) is 7.62. The van der Waals surface area contributed by atoms with Crippen LogP contribution >= 0.6 is 11.8 Å². The summed E-state index contributed by atoms with van der Waals surface area (Å²) in [6.07, 6.45) is -5.66. The summed E-state index contributed by atoms with van der Waals surface area (Å²) in [4.78, 5) is 7.81. The van der Waals surface area contributed by atoms with Gasteiger partial charge in [-0.1, -0.05) is 48.2 Å². The van der Waals surface area contributed by atoms with Crippen molar-refractivity contribution in [2.24, 2.45) is 0 Å². The predicted octanol–water partition coefficient (Wildman–Crippen LogP) is 5.72. The minimum atomic E-state index is -4.61. The number of aromatic nitrogens is 2. The fourth-order valence-corrected chi connectivity index (χ4v) is 5.03. The molecule has 2 heterocycles. The Labute approximate surface area is 180 Å². The van der Waals surface area contributed by atoms with Crippen molar-refractivity contribution >= 4 is 34.2 Å². The molecule has 1 atom stereocenters. The van der Waals surface area contributed by atoms with Crippen molar-refractivity contribution in [1.82, 2.24) is 9.55 Å². The Morgan fingerprint density at radius 3 is 2.06 bits per heavy atom. The summed E-state index contributed by atoms with van der Waals surface area (Å²) in [5.41, 5.74) is 2.46. The zero-order chi connectivity index (χ0) is 21.6. The van der Waals surface area contributed by atoms with Gasteiger partial charge >= 0.3 is 6.18 Å². The number of benzene rings is 3. The molecule has 1 N–H and O–H groups in total. The van der Waals surface area contributed by atoms with E-state index < -0.39 is 18.1 Å². The molecule has 31 heavy (non-hydrogen) atoms. The first-order valence-corrected chi connectivity index (χ1v) is 10.6. The fraction of sp³-hybridized carbons (Fsp3) is 0.174. The van der Waals surface area contributed by atoms with Gasteiger partial charge in [0.05, 0.1) is 41.6 Å². The Morgan fingerprint density at radius 1 is 0.839 bits per heavy atom. The molecule has 1 aliphatic rings. The highest BCUT2D eigenvalue weighted by molar-refractivity contribution is 7.99. The van der Waals surface area contributed by atoms with E-state index in [9.17, 15) is 18.3 Å². The van der Waals surface area contributed by atoms with E-state index in [0.29, 0.717) is 5.52 Å². The normalized spacial score (nSPS) is 14.4. The summed E-state index contributed by atoms with van der Waals surface area (Å²) in [6.45, 7) is -0.0677. The van der Waals surface area contributed by atoms with E-state index >= 15 is 0 Å². The number of fused-ring (bicyclic) bond motifs is 3. The molecule has 8 heteroatoms. The van der Waals surface area contributed by atoms with Crippen LogP contribution < -0.4 is 4.90 Å². The summed E-state index contributed by atoms with van der Waals surface area (Å²) in [5, 5.41) is 10.9. The Balaban J connectivity index is 1.50. The first-order chi connectivity index (χ1) is 14.9. The van der Waals surface area contributed by atoms with Crippen LogP contribution in [-0.2, 0) is 12.7 Å². The monoisotopic (exact) mass is 441 g/mol. The zero-order valence-corrected chi connectivity index (χ0v) is 17.1. The van der Waals surface area contributed by atoms with Crippen LogP contribution in [0.25, 0.3) is 11.0 Å². The first-order valence-electron chi connectivity index (χ1n) is 9.76. The number of anilines is 2. The smallest absolute Gasteiger partial charge is 0.389 e. The van der Waals surface area contributed by atoms with Crippen LogP contribution in [0.1, 0.15) is 5.82 Å². The summed E-state index contributed by atoms with van der Waals surface area (Å²) in [6, 6.07) is 22.1. The van der Waals surface area contributed by atoms with Gasteiger partial charge < -0.3 is 14.6 Å². The summed E-state index contributed by atoms with van der Waals surface area (Å²) in [7, 11) is 0. The largest absolute Gasteiger partial charge is 0.449 e. The molecule has 0 bridgehead atoms. The Bertz CT molecular complexity index is 1210. The van der Waals surface area contributed by atoms with E-state index in [2.05, 4.69) is 4.98 Å². The SMILES string of the molecule is OC(CN1c2ccccc2Sc2ccccc21)Cn1c(C(F)(F)F)nc2ccccc21. The third-order valence-corrected chi connectivity index (χ3v) is 6.36. The van der Waals surface area contributed by atoms with E-state index in [4.69, 9.17) is 0 Å². The van der Waals surface area contributed by atoms with Crippen molar-refractivity contribution in [1.29, 1.82) is 0 Å². The maximum absolute atomic E-state index is 13.6. The molecule has 0 saturated heterocycles. The molecule has 1 unspecified atom stereocenters. The number of rotatable bonds is 4. The molecule has 0 aliphatic carbocycles. The van der Waals surface area contributed by atoms with E-state index in [-0.39, 0.29) is 18.6 Å². The lowest BCUT2D eigenvalue weighted by Crippen LogP contribution is -2.34. The molecule has 5 rings (SSSR count). The Hall–Kier alpha value is -2.97. The van der Waals surface area contributed by atoms with E-state index in [1.165, 1.54) is 0 Å². The number of aliphatic hydroxyl groups excluding tert-OH is 1. The molecule has 158 valence electrons. The van der Waals surface area contributed by atoms with Crippen LogP contribution in [0.2, 0.25) is 0 Å². The van der Waals surface area contributed by atoms with Gasteiger partial charge in [-0.25, -0.2) is 4.98 Å². The number of aliphatic hydroxyl groups is 1. The molecule has 0 fully saturated rings. The van der Waals surface area contributed by atoms with Crippen LogP contribution in [0, 0.1) is 0 Å². The quantitative estimate of drug-likeness (QED) is 0.440. The van der Waals surface area contributed by atoms with Gasteiger partial charge in [-0.15, -0.1) is 0 Å². The number of hydrogen-bond acceptors (Lipinski definition) is 4. The fourth-order valence-electron chi connectivity index (χ4n) is 3.93. The summed E-state index contributed by atoms with van der Waals surface area (Å²) >= 11 is 1.64. The van der Waals surface area contributed by atoms with Gasteiger partial charge in [0.2, 0.25) is 5.82 Å². The van der Waals surface area contributed by atoms with Crippen molar-refractivity contribution in [2.45, 2.75) is 28.6 Å². The Kier molecular flexibility index (Phi) is 4.91. The molecule has 1 aromatic heterocycles. The molecular weight excluding hydrogens is 423 g/mol. The second-order valence-corrected chi connectivity index (χ2v) is 8.42. The predicted molar refractivity (Wildman–Crippen MR) is 115 cm³/mol. The summed E-state index contributed by atoms with van der Waals surface area (Å²) < 4.78 is 41.9. The molecule has 3 aromatic carbocycles. The number of hydrogen-bond donors (Lipinski definition) is 1. The van der Waals surface area contributed by atoms with Gasteiger partial charge in [0, 0.05) is 9.79 Å². The number of alkyl halides is 3. The van der Waals surface area contributed by atoms with Crippen molar-refractivity contribution < 1.29 is 18.3 Å². The maximum Gasteiger partial charge on any atom is 0.449 e. The molecule has 0 radical (unpaired) electrons. The van der Waals surface area contributed by atoms with Crippen molar-refractivity contribution in [3.63, 3.8) is 0 Å². The number of halogens is 3. The van der Waals surface area contributed by atoms with Gasteiger partial charge in [-0.05, 0) is 36.4 Å². The summed E-state index contributed by atoms with van der Waals surface area (Å²) in [5.74, 6) is -0.997. The van der Waals surface area contributed by atoms with E-state index in [1.54, 1.807) is 36.0 Å². The Morgan fingerprint density at radius 2 is 1.42 bits per heavy atom. The van der Waals surface area contributed by atoms with Gasteiger partial charge in [-0.3, -0.25) is 0 Å². The van der Waals surface area contributed by atoms with Gasteiger partial charge in [0.15, 0.2) is 0 Å². The minimum Gasteiger partial charge on any atom is -0.389 e. The van der Waals surface area contributed by atoms with Crippen LogP contribution in [0.5, 0.6) is 0 Å². The standard InChI is InChI=1S/C23H18F3N3OS/c24-23(25,26)22-27-16-7-1-2-8-17(16)29(22)14-15(30)13-28-18-9-3-5-11-20(18)31-21-12-6-4-10-19(21)28/h1-12,15,30H,13-14H2. The number of β-amino-alcohol motifs (C(OH)–C–C–N with tert-alkyl or cyclic N) is 1. The number of imidazole rings is 1. The van der Waals surface area contributed by atoms with Crippen LogP contribution in [0.3, 0.4) is 0 Å². The first kappa shape index (κ1) is 20.0. The van der Waals surface area contributed by atoms with Crippen LogP contribution in [0.15, 0.2) is 82.6 Å². The number of para-hydroxylation sites is 4. The lowest BCUT2D eigenvalue weighted by atomic mass is 10.2. The highest BCUT2D eigenvalue weighted by Gasteiger charge is 2.38. The minimum absolute atomic E-state index is 0.151. The van der Waals surface area contributed by atoms with Crippen molar-refractivity contribution in [2.75, 3.05) is 11.4 Å². The topological polar surface area (TPSA) is 41.3 Å². The molecule has 0 saturated carbocycles. The molecular formula is C23H18F3N3OS.